The summed E-state index contributed by atoms with van der Waals surface area (Å²) in [7, 11) is 0.906. The highest BCUT2D eigenvalue weighted by atomic mass is 19.4. The number of hydrogen-bond acceptors (Lipinski definition) is 3. The minimum Gasteiger partial charge on any atom is -0.468 e. The summed E-state index contributed by atoms with van der Waals surface area (Å²) in [5.41, 5.74) is 0.397. The van der Waals surface area contributed by atoms with Crippen LogP contribution in [0.2, 0.25) is 0 Å². The lowest BCUT2D eigenvalue weighted by Gasteiger charge is -2.34. The van der Waals surface area contributed by atoms with Crippen LogP contribution >= 0.6 is 0 Å². The number of carbonyl (C=O) groups is 2. The van der Waals surface area contributed by atoms with E-state index in [1.807, 2.05) is 0 Å². The third-order valence-corrected chi connectivity index (χ3v) is 3.72. The lowest BCUT2D eigenvalue weighted by molar-refractivity contribution is -0.206. The van der Waals surface area contributed by atoms with Crippen LogP contribution in [0.15, 0.2) is 24.3 Å². The van der Waals surface area contributed by atoms with Crippen LogP contribution < -0.4 is 0 Å². The molecule has 0 radical (unpaired) electrons. The second-order valence-corrected chi connectivity index (χ2v) is 5.38. The van der Waals surface area contributed by atoms with E-state index in [2.05, 4.69) is 4.74 Å². The molecule has 1 heterocycles. The molecule has 0 fully saturated rings. The molecule has 0 saturated heterocycles. The Balaban J connectivity index is 2.62. The monoisotopic (exact) mass is 315 g/mol. The van der Waals surface area contributed by atoms with Crippen LogP contribution in [-0.2, 0) is 9.53 Å². The van der Waals surface area contributed by atoms with Crippen molar-refractivity contribution in [3.05, 3.63) is 35.4 Å². The van der Waals surface area contributed by atoms with Crippen molar-refractivity contribution in [3.8, 4) is 0 Å². The van der Waals surface area contributed by atoms with Crippen molar-refractivity contribution in [1.82, 2.24) is 4.90 Å². The second-order valence-electron chi connectivity index (χ2n) is 5.38. The molecule has 2 atom stereocenters. The number of ether oxygens (including phenoxy) is 1. The number of esters is 1. The van der Waals surface area contributed by atoms with Crippen molar-refractivity contribution in [2.24, 2.45) is 5.92 Å². The van der Waals surface area contributed by atoms with Gasteiger partial charge in [-0.1, -0.05) is 18.2 Å². The van der Waals surface area contributed by atoms with Crippen LogP contribution in [-0.4, -0.2) is 36.1 Å². The zero-order valence-electron chi connectivity index (χ0n) is 12.3. The summed E-state index contributed by atoms with van der Waals surface area (Å²) in [6.45, 7) is 3.23. The van der Waals surface area contributed by atoms with Crippen molar-refractivity contribution >= 4 is 11.9 Å². The molecule has 0 bridgehead atoms. The number of carbonyl (C=O) groups excluding carboxylic acids is 2. The van der Waals surface area contributed by atoms with Gasteiger partial charge in [0.15, 0.2) is 5.92 Å². The predicted octanol–water partition coefficient (Wildman–Crippen LogP) is 2.94. The summed E-state index contributed by atoms with van der Waals surface area (Å²) in [5.74, 6) is -4.31. The van der Waals surface area contributed by atoms with Crippen LogP contribution in [0.5, 0.6) is 0 Å². The second kappa shape index (κ2) is 5.62. The van der Waals surface area contributed by atoms with E-state index in [9.17, 15) is 22.8 Å². The molecule has 120 valence electrons. The van der Waals surface area contributed by atoms with Crippen LogP contribution in [0.4, 0.5) is 13.2 Å². The highest BCUT2D eigenvalue weighted by molar-refractivity contribution is 6.00. The highest BCUT2D eigenvalue weighted by Gasteiger charge is 2.57. The fourth-order valence-electron chi connectivity index (χ4n) is 2.83. The molecular formula is C15H16F3NO3. The summed E-state index contributed by atoms with van der Waals surface area (Å²) in [5, 5.41) is 0. The van der Waals surface area contributed by atoms with E-state index >= 15 is 0 Å². The van der Waals surface area contributed by atoms with E-state index in [0.29, 0.717) is 0 Å². The zero-order chi connectivity index (χ0) is 16.7. The van der Waals surface area contributed by atoms with E-state index < -0.39 is 36.1 Å². The molecule has 0 spiro atoms. The Hall–Kier alpha value is -2.05. The molecule has 1 amide bonds. The maximum atomic E-state index is 13.4. The van der Waals surface area contributed by atoms with Gasteiger partial charge in [0.2, 0.25) is 0 Å². The molecule has 4 nitrogen and oxygen atoms in total. The maximum Gasteiger partial charge on any atom is 0.404 e. The largest absolute Gasteiger partial charge is 0.468 e. The molecule has 1 aliphatic heterocycles. The number of alkyl halides is 3. The van der Waals surface area contributed by atoms with Gasteiger partial charge >= 0.3 is 12.1 Å². The van der Waals surface area contributed by atoms with Crippen molar-refractivity contribution in [3.63, 3.8) is 0 Å². The predicted molar refractivity (Wildman–Crippen MR) is 72.0 cm³/mol. The summed E-state index contributed by atoms with van der Waals surface area (Å²) >= 11 is 0. The Kier molecular flexibility index (Phi) is 4.17. The van der Waals surface area contributed by atoms with Gasteiger partial charge < -0.3 is 9.64 Å². The van der Waals surface area contributed by atoms with Gasteiger partial charge in [0, 0.05) is 11.6 Å². The van der Waals surface area contributed by atoms with Crippen LogP contribution in [0.1, 0.15) is 35.8 Å². The first-order valence-electron chi connectivity index (χ1n) is 6.76. The number of benzene rings is 1. The number of hydrogen-bond donors (Lipinski definition) is 0. The number of halogens is 3. The number of fused-ring (bicyclic) bond motifs is 1. The molecule has 7 heteroatoms. The summed E-state index contributed by atoms with van der Waals surface area (Å²) in [6.07, 6.45) is -4.82. The fraction of sp³-hybridized carbons (Fsp3) is 0.467. The molecule has 1 aliphatic rings. The van der Waals surface area contributed by atoms with Gasteiger partial charge in [-0.2, -0.15) is 13.2 Å². The van der Waals surface area contributed by atoms with Crippen molar-refractivity contribution in [1.29, 1.82) is 0 Å². The topological polar surface area (TPSA) is 46.6 Å². The first-order valence-corrected chi connectivity index (χ1v) is 6.76. The number of methoxy groups -OCH3 is 1. The maximum absolute atomic E-state index is 13.4. The molecule has 0 aliphatic carbocycles. The van der Waals surface area contributed by atoms with E-state index in [0.717, 1.165) is 12.0 Å². The van der Waals surface area contributed by atoms with Gasteiger partial charge in [0.05, 0.1) is 13.2 Å². The molecule has 2 rings (SSSR count). The van der Waals surface area contributed by atoms with E-state index in [1.54, 1.807) is 26.0 Å². The van der Waals surface area contributed by atoms with Gasteiger partial charge in [-0.25, -0.2) is 0 Å². The summed E-state index contributed by atoms with van der Waals surface area (Å²) in [6, 6.07) is 4.15. The molecule has 0 saturated carbocycles. The fourth-order valence-corrected chi connectivity index (χ4v) is 2.83. The van der Waals surface area contributed by atoms with E-state index in [1.165, 1.54) is 12.1 Å². The van der Waals surface area contributed by atoms with Crippen molar-refractivity contribution < 1.29 is 27.5 Å². The van der Waals surface area contributed by atoms with Crippen LogP contribution in [0.3, 0.4) is 0 Å². The van der Waals surface area contributed by atoms with Crippen molar-refractivity contribution in [2.45, 2.75) is 32.1 Å². The van der Waals surface area contributed by atoms with Crippen LogP contribution in [0.25, 0.3) is 0 Å². The van der Waals surface area contributed by atoms with Gasteiger partial charge in [-0.3, -0.25) is 9.59 Å². The van der Waals surface area contributed by atoms with Crippen LogP contribution in [0, 0.1) is 5.92 Å². The Morgan fingerprint density at radius 3 is 2.36 bits per heavy atom. The SMILES string of the molecule is COC(=O)C(C1c2ccccc2C(=O)N1C(C)C)C(F)(F)F. The average molecular weight is 315 g/mol. The Morgan fingerprint density at radius 2 is 1.86 bits per heavy atom. The smallest absolute Gasteiger partial charge is 0.404 e. The highest BCUT2D eigenvalue weighted by Crippen LogP contribution is 2.46. The standard InChI is InChI=1S/C15H16F3NO3/c1-8(2)19-12(11(14(21)22-3)15(16,17)18)9-6-4-5-7-10(9)13(19)20/h4-8,11-12H,1-3H3. The van der Waals surface area contributed by atoms with Gasteiger partial charge in [-0.15, -0.1) is 0 Å². The first kappa shape index (κ1) is 16.3. The molecule has 22 heavy (non-hydrogen) atoms. The minimum absolute atomic E-state index is 0.194. The number of amides is 1. The lowest BCUT2D eigenvalue weighted by atomic mass is 9.91. The third kappa shape index (κ3) is 2.55. The van der Waals surface area contributed by atoms with Gasteiger partial charge in [-0.05, 0) is 25.5 Å². The summed E-state index contributed by atoms with van der Waals surface area (Å²) in [4.78, 5) is 25.2. The first-order chi connectivity index (χ1) is 10.2. The van der Waals surface area contributed by atoms with Crippen molar-refractivity contribution in [2.75, 3.05) is 7.11 Å². The molecular weight excluding hydrogens is 299 g/mol. The Morgan fingerprint density at radius 1 is 1.27 bits per heavy atom. The Bertz CT molecular complexity index is 598. The Labute approximate surface area is 125 Å². The van der Waals surface area contributed by atoms with Gasteiger partial charge in [0.1, 0.15) is 0 Å². The minimum atomic E-state index is -4.82. The molecule has 0 N–H and O–H groups in total. The molecule has 2 unspecified atom stereocenters. The van der Waals surface area contributed by atoms with E-state index in [4.69, 9.17) is 0 Å². The molecule has 1 aromatic rings. The molecule has 1 aromatic carbocycles. The zero-order valence-corrected chi connectivity index (χ0v) is 12.3. The normalized spacial score (nSPS) is 19.3. The lowest BCUT2D eigenvalue weighted by Crippen LogP contribution is -2.45. The third-order valence-electron chi connectivity index (χ3n) is 3.72. The van der Waals surface area contributed by atoms with E-state index in [-0.39, 0.29) is 11.1 Å². The number of nitrogens with zero attached hydrogens (tertiary/aromatic N) is 1. The quantitative estimate of drug-likeness (QED) is 0.806. The van der Waals surface area contributed by atoms with Gasteiger partial charge in [0.25, 0.3) is 5.91 Å². The number of rotatable bonds is 3. The molecule has 0 aromatic heterocycles. The summed E-state index contributed by atoms with van der Waals surface area (Å²) < 4.78 is 44.6. The average Bonchev–Trinajstić information content (AvgIpc) is 2.71.